The molecule has 2 amide bonds. The van der Waals surface area contributed by atoms with E-state index < -0.39 is 10.0 Å². The summed E-state index contributed by atoms with van der Waals surface area (Å²) in [6.45, 7) is 4.65. The lowest BCUT2D eigenvalue weighted by Crippen LogP contribution is -2.39. The van der Waals surface area contributed by atoms with Crippen LogP contribution in [0, 0.1) is 13.8 Å². The van der Waals surface area contributed by atoms with E-state index in [4.69, 9.17) is 0 Å². The van der Waals surface area contributed by atoms with E-state index in [0.717, 1.165) is 23.1 Å². The number of urea groups is 1. The van der Waals surface area contributed by atoms with Crippen LogP contribution in [0.1, 0.15) is 16.8 Å². The van der Waals surface area contributed by atoms with Crippen molar-refractivity contribution < 1.29 is 13.2 Å². The molecular weight excluding hydrogens is 280 g/mol. The van der Waals surface area contributed by atoms with Crippen molar-refractivity contribution in [3.63, 3.8) is 0 Å². The summed E-state index contributed by atoms with van der Waals surface area (Å²) < 4.78 is 23.9. The Morgan fingerprint density at radius 2 is 1.95 bits per heavy atom. The molecule has 3 N–H and O–H groups in total. The normalized spacial score (nSPS) is 11.2. The summed E-state index contributed by atoms with van der Waals surface area (Å²) >= 11 is 0. The highest BCUT2D eigenvalue weighted by Crippen LogP contribution is 2.05. The highest BCUT2D eigenvalue weighted by Gasteiger charge is 2.03. The standard InChI is InChI=1S/C12H20N4O3S/c1-9-6-11(7-14-10(9)2)8-15-12(17)13-4-5-16-20(3,18)19/h6-7,16H,4-5,8H2,1-3H3,(H2,13,15,17). The second kappa shape index (κ2) is 7.20. The first-order valence-corrected chi connectivity index (χ1v) is 8.05. The zero-order chi connectivity index (χ0) is 15.2. The number of nitrogens with zero attached hydrogens (tertiary/aromatic N) is 1. The Morgan fingerprint density at radius 3 is 2.55 bits per heavy atom. The number of aromatic nitrogens is 1. The number of sulfonamides is 1. The van der Waals surface area contributed by atoms with Crippen molar-refractivity contribution in [1.29, 1.82) is 0 Å². The molecule has 1 aromatic heterocycles. The first-order chi connectivity index (χ1) is 9.28. The fraction of sp³-hybridized carbons (Fsp3) is 0.500. The van der Waals surface area contributed by atoms with E-state index in [1.807, 2.05) is 19.9 Å². The first-order valence-electron chi connectivity index (χ1n) is 6.16. The Hall–Kier alpha value is -1.67. The molecule has 8 heteroatoms. The van der Waals surface area contributed by atoms with Crippen LogP contribution in [0.2, 0.25) is 0 Å². The van der Waals surface area contributed by atoms with Gasteiger partial charge in [-0.05, 0) is 25.0 Å². The van der Waals surface area contributed by atoms with E-state index in [1.54, 1.807) is 6.20 Å². The van der Waals surface area contributed by atoms with Gasteiger partial charge in [-0.1, -0.05) is 6.07 Å². The van der Waals surface area contributed by atoms with E-state index in [-0.39, 0.29) is 19.1 Å². The molecule has 0 aliphatic rings. The van der Waals surface area contributed by atoms with Crippen LogP contribution in [-0.2, 0) is 16.6 Å². The first kappa shape index (κ1) is 16.4. The molecule has 0 unspecified atom stereocenters. The van der Waals surface area contributed by atoms with Gasteiger partial charge in [0.1, 0.15) is 0 Å². The van der Waals surface area contributed by atoms with E-state index in [0.29, 0.717) is 6.54 Å². The maximum absolute atomic E-state index is 11.5. The average molecular weight is 300 g/mol. The minimum absolute atomic E-state index is 0.164. The summed E-state index contributed by atoms with van der Waals surface area (Å²) in [6, 6.07) is 1.62. The van der Waals surface area contributed by atoms with Crippen LogP contribution in [0.25, 0.3) is 0 Å². The van der Waals surface area contributed by atoms with E-state index in [1.165, 1.54) is 0 Å². The molecular formula is C12H20N4O3S. The molecule has 1 heterocycles. The van der Waals surface area contributed by atoms with Crippen molar-refractivity contribution in [3.05, 3.63) is 29.1 Å². The van der Waals surface area contributed by atoms with Crippen molar-refractivity contribution >= 4 is 16.1 Å². The highest BCUT2D eigenvalue weighted by molar-refractivity contribution is 7.88. The highest BCUT2D eigenvalue weighted by atomic mass is 32.2. The fourth-order valence-corrected chi connectivity index (χ4v) is 1.93. The molecule has 1 rings (SSSR count). The third kappa shape index (κ3) is 6.48. The number of hydrogen-bond donors (Lipinski definition) is 3. The van der Waals surface area contributed by atoms with Crippen molar-refractivity contribution in [3.8, 4) is 0 Å². The van der Waals surface area contributed by atoms with Crippen LogP contribution in [0.3, 0.4) is 0 Å². The van der Waals surface area contributed by atoms with Crippen molar-refractivity contribution in [1.82, 2.24) is 20.3 Å². The molecule has 0 radical (unpaired) electrons. The Balaban J connectivity index is 2.27. The van der Waals surface area contributed by atoms with Gasteiger partial charge in [0, 0.05) is 31.5 Å². The molecule has 0 aliphatic carbocycles. The molecule has 0 aromatic carbocycles. The quantitative estimate of drug-likeness (QED) is 0.646. The lowest BCUT2D eigenvalue weighted by Gasteiger charge is -2.08. The van der Waals surface area contributed by atoms with Gasteiger partial charge in [-0.15, -0.1) is 0 Å². The third-order valence-corrected chi connectivity index (χ3v) is 3.35. The van der Waals surface area contributed by atoms with Gasteiger partial charge in [0.25, 0.3) is 0 Å². The van der Waals surface area contributed by atoms with Gasteiger partial charge in [-0.3, -0.25) is 4.98 Å². The molecule has 1 aromatic rings. The molecule has 0 fully saturated rings. The maximum atomic E-state index is 11.5. The van der Waals surface area contributed by atoms with Gasteiger partial charge in [0.2, 0.25) is 10.0 Å². The molecule has 0 bridgehead atoms. The topological polar surface area (TPSA) is 100 Å². The van der Waals surface area contributed by atoms with Crippen LogP contribution in [-0.4, -0.2) is 38.8 Å². The van der Waals surface area contributed by atoms with Crippen molar-refractivity contribution in [2.24, 2.45) is 0 Å². The summed E-state index contributed by atoms with van der Waals surface area (Å²) in [7, 11) is -3.22. The summed E-state index contributed by atoms with van der Waals surface area (Å²) in [5, 5.41) is 5.23. The lowest BCUT2D eigenvalue weighted by atomic mass is 10.1. The predicted octanol–water partition coefficient (Wildman–Crippen LogP) is 0.0468. The summed E-state index contributed by atoms with van der Waals surface area (Å²) in [5.41, 5.74) is 2.95. The lowest BCUT2D eigenvalue weighted by molar-refractivity contribution is 0.240. The smallest absolute Gasteiger partial charge is 0.315 e. The van der Waals surface area contributed by atoms with Crippen LogP contribution >= 0.6 is 0 Å². The van der Waals surface area contributed by atoms with Gasteiger partial charge in [-0.2, -0.15) is 0 Å². The molecule has 0 saturated heterocycles. The molecule has 20 heavy (non-hydrogen) atoms. The molecule has 112 valence electrons. The molecule has 0 aliphatic heterocycles. The minimum Gasteiger partial charge on any atom is -0.337 e. The molecule has 0 atom stereocenters. The van der Waals surface area contributed by atoms with Gasteiger partial charge < -0.3 is 10.6 Å². The monoisotopic (exact) mass is 300 g/mol. The molecule has 7 nitrogen and oxygen atoms in total. The predicted molar refractivity (Wildman–Crippen MR) is 76.8 cm³/mol. The Morgan fingerprint density at radius 1 is 1.25 bits per heavy atom. The Labute approximate surface area is 119 Å². The number of hydrogen-bond acceptors (Lipinski definition) is 4. The largest absolute Gasteiger partial charge is 0.337 e. The summed E-state index contributed by atoms with van der Waals surface area (Å²) in [4.78, 5) is 15.7. The van der Waals surface area contributed by atoms with Crippen molar-refractivity contribution in [2.45, 2.75) is 20.4 Å². The number of carbonyl (C=O) groups excluding carboxylic acids is 1. The van der Waals surface area contributed by atoms with Crippen LogP contribution in [0.5, 0.6) is 0 Å². The Kier molecular flexibility index (Phi) is 5.90. The average Bonchev–Trinajstić information content (AvgIpc) is 2.35. The fourth-order valence-electron chi connectivity index (χ4n) is 1.46. The SMILES string of the molecule is Cc1cc(CNC(=O)NCCNS(C)(=O)=O)cnc1C. The minimum atomic E-state index is -3.22. The second-order valence-electron chi connectivity index (χ2n) is 4.52. The number of rotatable bonds is 6. The van der Waals surface area contributed by atoms with E-state index in [9.17, 15) is 13.2 Å². The zero-order valence-corrected chi connectivity index (χ0v) is 12.7. The number of carbonyl (C=O) groups is 1. The number of aryl methyl sites for hydroxylation is 2. The van der Waals surface area contributed by atoms with Crippen LogP contribution in [0.15, 0.2) is 12.3 Å². The van der Waals surface area contributed by atoms with Gasteiger partial charge in [-0.25, -0.2) is 17.9 Å². The number of nitrogens with one attached hydrogen (secondary N) is 3. The van der Waals surface area contributed by atoms with Crippen molar-refractivity contribution in [2.75, 3.05) is 19.3 Å². The number of amides is 2. The van der Waals surface area contributed by atoms with Gasteiger partial charge >= 0.3 is 6.03 Å². The second-order valence-corrected chi connectivity index (χ2v) is 6.35. The molecule has 0 saturated carbocycles. The molecule has 0 spiro atoms. The summed E-state index contributed by atoms with van der Waals surface area (Å²) in [6.07, 6.45) is 2.79. The van der Waals surface area contributed by atoms with Crippen LogP contribution < -0.4 is 15.4 Å². The Bertz CT molecular complexity index is 572. The zero-order valence-electron chi connectivity index (χ0n) is 11.9. The maximum Gasteiger partial charge on any atom is 0.315 e. The van der Waals surface area contributed by atoms with Crippen LogP contribution in [0.4, 0.5) is 4.79 Å². The third-order valence-electron chi connectivity index (χ3n) is 2.62. The van der Waals surface area contributed by atoms with Gasteiger partial charge in [0.05, 0.1) is 6.26 Å². The van der Waals surface area contributed by atoms with E-state index in [2.05, 4.69) is 20.3 Å². The van der Waals surface area contributed by atoms with E-state index >= 15 is 0 Å². The summed E-state index contributed by atoms with van der Waals surface area (Å²) in [5.74, 6) is 0. The van der Waals surface area contributed by atoms with Gasteiger partial charge in [0.15, 0.2) is 0 Å². The number of pyridine rings is 1.